The summed E-state index contributed by atoms with van der Waals surface area (Å²) in [6.45, 7) is 0.660. The van der Waals surface area contributed by atoms with Crippen molar-refractivity contribution in [3.05, 3.63) is 11.6 Å². The lowest BCUT2D eigenvalue weighted by Crippen LogP contribution is -2.25. The van der Waals surface area contributed by atoms with E-state index in [2.05, 4.69) is 5.32 Å². The van der Waals surface area contributed by atoms with E-state index in [0.717, 1.165) is 0 Å². The van der Waals surface area contributed by atoms with E-state index < -0.39 is 0 Å². The average Bonchev–Trinajstić information content (AvgIpc) is 2.67. The van der Waals surface area contributed by atoms with Crippen molar-refractivity contribution in [1.82, 2.24) is 5.32 Å². The third-order valence-electron chi connectivity index (χ3n) is 2.20. The van der Waals surface area contributed by atoms with Crippen LogP contribution in [-0.4, -0.2) is 38.7 Å². The van der Waals surface area contributed by atoms with Gasteiger partial charge in [-0.05, 0) is 12.8 Å². The van der Waals surface area contributed by atoms with Crippen LogP contribution >= 0.6 is 0 Å². The molecule has 0 aromatic rings. The van der Waals surface area contributed by atoms with Crippen LogP contribution in [0.25, 0.3) is 0 Å². The van der Waals surface area contributed by atoms with E-state index in [0.29, 0.717) is 31.4 Å². The van der Waals surface area contributed by atoms with Gasteiger partial charge in [0.05, 0.1) is 6.61 Å². The number of hydrogen-bond donors (Lipinski definition) is 1. The van der Waals surface area contributed by atoms with Gasteiger partial charge < -0.3 is 14.8 Å². The number of ether oxygens (including phenoxy) is 2. The third-order valence-corrected chi connectivity index (χ3v) is 2.20. The Hall–Kier alpha value is -1.36. The van der Waals surface area contributed by atoms with E-state index in [-0.39, 0.29) is 18.6 Å². The molecule has 0 saturated heterocycles. The largest absolute Gasteiger partial charge is 0.460 e. The molecule has 0 aromatic carbocycles. The van der Waals surface area contributed by atoms with E-state index in [9.17, 15) is 9.59 Å². The predicted molar refractivity (Wildman–Crippen MR) is 53.1 cm³/mol. The number of rotatable bonds is 6. The number of carbonyl (C=O) groups excluding carboxylic acids is 2. The highest BCUT2D eigenvalue weighted by Gasteiger charge is 2.22. The second kappa shape index (κ2) is 6.19. The van der Waals surface area contributed by atoms with Crippen LogP contribution < -0.4 is 5.32 Å². The van der Waals surface area contributed by atoms with E-state index in [1.54, 1.807) is 13.2 Å². The summed E-state index contributed by atoms with van der Waals surface area (Å²) in [4.78, 5) is 21.6. The Labute approximate surface area is 88.4 Å². The lowest BCUT2D eigenvalue weighted by molar-refractivity contribution is -0.140. The predicted octanol–water partition coefficient (Wildman–Crippen LogP) is 0.0108. The summed E-state index contributed by atoms with van der Waals surface area (Å²) in [7, 11) is 1.55. The van der Waals surface area contributed by atoms with Gasteiger partial charge in [-0.1, -0.05) is 6.08 Å². The van der Waals surface area contributed by atoms with E-state index >= 15 is 0 Å². The Morgan fingerprint density at radius 1 is 1.67 bits per heavy atom. The summed E-state index contributed by atoms with van der Waals surface area (Å²) in [5.41, 5.74) is 0.630. The zero-order chi connectivity index (χ0) is 11.1. The highest BCUT2D eigenvalue weighted by molar-refractivity contribution is 5.89. The van der Waals surface area contributed by atoms with Crippen LogP contribution in [0.4, 0.5) is 0 Å². The molecule has 0 radical (unpaired) electrons. The van der Waals surface area contributed by atoms with Crippen molar-refractivity contribution in [2.45, 2.75) is 18.9 Å². The van der Waals surface area contributed by atoms with E-state index in [4.69, 9.17) is 9.47 Å². The molecule has 1 unspecified atom stereocenters. The highest BCUT2D eigenvalue weighted by Crippen LogP contribution is 2.19. The molecule has 5 nitrogen and oxygen atoms in total. The Bertz CT molecular complexity index is 262. The normalized spacial score (nSPS) is 19.5. The quantitative estimate of drug-likeness (QED) is 0.383. The van der Waals surface area contributed by atoms with Crippen molar-refractivity contribution in [3.63, 3.8) is 0 Å². The van der Waals surface area contributed by atoms with Crippen molar-refractivity contribution in [1.29, 1.82) is 0 Å². The standard InChI is InChI=1S/C10H15NO4/c1-14-4-5-15-10(13)8-2-3-9(6-8)11-7-12/h2,7,9H,3-6H2,1H3,(H,11,12). The van der Waals surface area contributed by atoms with Gasteiger partial charge in [-0.15, -0.1) is 0 Å². The van der Waals surface area contributed by atoms with Crippen LogP contribution in [0, 0.1) is 0 Å². The zero-order valence-electron chi connectivity index (χ0n) is 8.69. The molecular formula is C10H15NO4. The van der Waals surface area contributed by atoms with Crippen LogP contribution in [0.1, 0.15) is 12.8 Å². The molecule has 15 heavy (non-hydrogen) atoms. The van der Waals surface area contributed by atoms with Crippen LogP contribution in [-0.2, 0) is 19.1 Å². The summed E-state index contributed by atoms with van der Waals surface area (Å²) < 4.78 is 9.70. The maximum atomic E-state index is 11.4. The van der Waals surface area contributed by atoms with Crippen molar-refractivity contribution >= 4 is 12.4 Å². The van der Waals surface area contributed by atoms with Gasteiger partial charge in [0.15, 0.2) is 0 Å². The fourth-order valence-electron chi connectivity index (χ4n) is 1.42. The molecule has 1 atom stereocenters. The highest BCUT2D eigenvalue weighted by atomic mass is 16.6. The number of nitrogens with one attached hydrogen (secondary N) is 1. The molecule has 1 aliphatic rings. The van der Waals surface area contributed by atoms with Gasteiger partial charge in [0.2, 0.25) is 6.41 Å². The minimum Gasteiger partial charge on any atom is -0.460 e. The molecule has 1 amide bonds. The maximum absolute atomic E-state index is 11.4. The van der Waals surface area contributed by atoms with Crippen LogP contribution in [0.2, 0.25) is 0 Å². The Kier molecular flexibility index (Phi) is 4.83. The van der Waals surface area contributed by atoms with Crippen molar-refractivity contribution in [2.24, 2.45) is 0 Å². The molecule has 0 saturated carbocycles. The van der Waals surface area contributed by atoms with Gasteiger partial charge in [0.1, 0.15) is 6.61 Å². The fraction of sp³-hybridized carbons (Fsp3) is 0.600. The van der Waals surface area contributed by atoms with Gasteiger partial charge in [-0.2, -0.15) is 0 Å². The number of esters is 1. The van der Waals surface area contributed by atoms with Gasteiger partial charge in [-0.25, -0.2) is 4.79 Å². The molecule has 84 valence electrons. The Morgan fingerprint density at radius 3 is 3.13 bits per heavy atom. The molecule has 1 N–H and O–H groups in total. The second-order valence-corrected chi connectivity index (χ2v) is 3.28. The topological polar surface area (TPSA) is 64.6 Å². The first-order valence-corrected chi connectivity index (χ1v) is 4.82. The summed E-state index contributed by atoms with van der Waals surface area (Å²) >= 11 is 0. The molecule has 0 bridgehead atoms. The van der Waals surface area contributed by atoms with E-state index in [1.165, 1.54) is 0 Å². The Balaban J connectivity index is 2.26. The smallest absolute Gasteiger partial charge is 0.333 e. The number of carbonyl (C=O) groups is 2. The minimum atomic E-state index is -0.317. The summed E-state index contributed by atoms with van der Waals surface area (Å²) in [5, 5.41) is 2.63. The SMILES string of the molecule is COCCOC(=O)C1=CCC(NC=O)C1. The summed E-state index contributed by atoms with van der Waals surface area (Å²) in [6.07, 6.45) is 3.69. The van der Waals surface area contributed by atoms with Gasteiger partial charge >= 0.3 is 5.97 Å². The molecule has 1 rings (SSSR count). The third kappa shape index (κ3) is 3.71. The minimum absolute atomic E-state index is 0.0347. The number of methoxy groups -OCH3 is 1. The first-order chi connectivity index (χ1) is 7.27. The van der Waals surface area contributed by atoms with Gasteiger partial charge in [0, 0.05) is 18.7 Å². The molecule has 5 heteroatoms. The fourth-order valence-corrected chi connectivity index (χ4v) is 1.42. The molecule has 1 aliphatic carbocycles. The van der Waals surface area contributed by atoms with Gasteiger partial charge in [0.25, 0.3) is 0 Å². The molecule has 0 aromatic heterocycles. The van der Waals surface area contributed by atoms with Crippen LogP contribution in [0.3, 0.4) is 0 Å². The van der Waals surface area contributed by atoms with Crippen molar-refractivity contribution in [2.75, 3.05) is 20.3 Å². The zero-order valence-corrected chi connectivity index (χ0v) is 8.69. The maximum Gasteiger partial charge on any atom is 0.333 e. The first kappa shape index (κ1) is 11.7. The molecule has 0 spiro atoms. The van der Waals surface area contributed by atoms with Crippen molar-refractivity contribution < 1.29 is 19.1 Å². The van der Waals surface area contributed by atoms with Crippen LogP contribution in [0.5, 0.6) is 0 Å². The average molecular weight is 213 g/mol. The summed E-state index contributed by atoms with van der Waals surface area (Å²) in [5.74, 6) is -0.317. The van der Waals surface area contributed by atoms with Crippen LogP contribution in [0.15, 0.2) is 11.6 Å². The monoisotopic (exact) mass is 213 g/mol. The number of hydrogen-bond acceptors (Lipinski definition) is 4. The molecule has 0 aliphatic heterocycles. The van der Waals surface area contributed by atoms with Crippen molar-refractivity contribution in [3.8, 4) is 0 Å². The Morgan fingerprint density at radius 2 is 2.47 bits per heavy atom. The second-order valence-electron chi connectivity index (χ2n) is 3.28. The van der Waals surface area contributed by atoms with Gasteiger partial charge in [-0.3, -0.25) is 4.79 Å². The first-order valence-electron chi connectivity index (χ1n) is 4.82. The van der Waals surface area contributed by atoms with E-state index in [1.807, 2.05) is 0 Å². The number of amides is 1. The lowest BCUT2D eigenvalue weighted by atomic mass is 10.2. The molecular weight excluding hydrogens is 198 g/mol. The summed E-state index contributed by atoms with van der Waals surface area (Å²) in [6, 6.07) is 0.0347. The molecule has 0 heterocycles. The lowest BCUT2D eigenvalue weighted by Gasteiger charge is -2.08. The molecule has 0 fully saturated rings.